The number of morpholine rings is 1. The number of ether oxygens (including phenoxy) is 2. The maximum atomic E-state index is 13.1. The average molecular weight is 490 g/mol. The van der Waals surface area contributed by atoms with Gasteiger partial charge in [0.2, 0.25) is 5.60 Å². The van der Waals surface area contributed by atoms with Gasteiger partial charge in [-0.15, -0.1) is 22.7 Å². The first kappa shape index (κ1) is 21.9. The number of carbonyl (C=O) groups excluding carboxylic acids is 1. The molecule has 9 heteroatoms. The van der Waals surface area contributed by atoms with Crippen LogP contribution in [-0.4, -0.2) is 65.5 Å². The Hall–Kier alpha value is -0.810. The lowest BCUT2D eigenvalue weighted by atomic mass is 9.95. The van der Waals surface area contributed by atoms with Crippen molar-refractivity contribution < 1.29 is 46.3 Å². The van der Waals surface area contributed by atoms with Crippen molar-refractivity contribution in [3.8, 4) is 0 Å². The van der Waals surface area contributed by atoms with Crippen molar-refractivity contribution in [2.24, 2.45) is 0 Å². The number of hydrogen-bond acceptors (Lipinski definition) is 6. The fourth-order valence-corrected chi connectivity index (χ4v) is 6.54. The van der Waals surface area contributed by atoms with Crippen molar-refractivity contribution in [3.63, 3.8) is 0 Å². The summed E-state index contributed by atoms with van der Waals surface area (Å²) in [6.45, 7) is 0. The highest BCUT2D eigenvalue weighted by atomic mass is 79.9. The summed E-state index contributed by atoms with van der Waals surface area (Å²) in [4.78, 5) is 14.3. The third-order valence-electron chi connectivity index (χ3n) is 6.36. The van der Waals surface area contributed by atoms with Gasteiger partial charge in [0, 0.05) is 12.8 Å². The third-order valence-corrected chi connectivity index (χ3v) is 8.32. The minimum Gasteiger partial charge on any atom is -1.00 e. The van der Waals surface area contributed by atoms with Crippen LogP contribution >= 0.6 is 22.7 Å². The van der Waals surface area contributed by atoms with Gasteiger partial charge in [0.05, 0.1) is 23.8 Å². The number of nitrogens with zero attached hydrogens (tertiary/aromatic N) is 1. The topological polar surface area (TPSA) is 90.6 Å². The second-order valence-corrected chi connectivity index (χ2v) is 9.89. The van der Waals surface area contributed by atoms with Gasteiger partial charge in [-0.3, -0.25) is 0 Å². The molecule has 0 aliphatic carbocycles. The van der Waals surface area contributed by atoms with Crippen LogP contribution < -0.4 is 17.0 Å². The molecule has 2 aromatic rings. The normalized spacial score (nSPS) is 31.9. The van der Waals surface area contributed by atoms with Crippen molar-refractivity contribution in [2.75, 3.05) is 14.1 Å². The van der Waals surface area contributed by atoms with E-state index < -0.39 is 11.6 Å². The summed E-state index contributed by atoms with van der Waals surface area (Å²) in [5, 5.41) is 15.1. The van der Waals surface area contributed by atoms with E-state index in [0.717, 1.165) is 17.3 Å². The number of likely N-dealkylation sites (N-methyl/N-ethyl adjacent to an activating group) is 1. The Morgan fingerprint density at radius 3 is 2.07 bits per heavy atom. The molecule has 0 amide bonds. The molecule has 3 N–H and O–H groups in total. The smallest absolute Gasteiger partial charge is 0.349 e. The second-order valence-electron chi connectivity index (χ2n) is 7.99. The van der Waals surface area contributed by atoms with E-state index >= 15 is 0 Å². The van der Waals surface area contributed by atoms with E-state index in [1.54, 1.807) is 12.1 Å². The van der Waals surface area contributed by atoms with Crippen LogP contribution in [0.25, 0.3) is 0 Å². The summed E-state index contributed by atoms with van der Waals surface area (Å²) < 4.78 is 12.6. The van der Waals surface area contributed by atoms with Crippen LogP contribution in [0.1, 0.15) is 22.6 Å². The number of piperidine rings is 1. The van der Waals surface area contributed by atoms with E-state index in [9.17, 15) is 9.90 Å². The van der Waals surface area contributed by atoms with Crippen LogP contribution in [0.4, 0.5) is 0 Å². The summed E-state index contributed by atoms with van der Waals surface area (Å²) in [5.74, 6) is -0.561. The summed E-state index contributed by atoms with van der Waals surface area (Å²) in [6.07, 6.45) is 2.05. The zero-order valence-electron chi connectivity index (χ0n) is 15.6. The van der Waals surface area contributed by atoms with Gasteiger partial charge < -0.3 is 41.5 Å². The van der Waals surface area contributed by atoms with Crippen molar-refractivity contribution in [1.82, 2.24) is 0 Å². The SMILES string of the molecule is C[N+]1(C)[C@@H]2C[C@@H](OC(=O)C(O)(c3cccs3)c3cccs3)C[C@H]1[C@@H]1O[C@@H]12.O.[Br-]. The number of halogens is 1. The van der Waals surface area contributed by atoms with Gasteiger partial charge in [-0.05, 0) is 22.9 Å². The summed E-state index contributed by atoms with van der Waals surface area (Å²) in [5.41, 5.74) is -1.72. The molecule has 3 aliphatic rings. The van der Waals surface area contributed by atoms with E-state index in [-0.39, 0.29) is 28.6 Å². The predicted molar refractivity (Wildman–Crippen MR) is 103 cm³/mol. The highest BCUT2D eigenvalue weighted by Gasteiger charge is 2.71. The molecule has 5 rings (SSSR count). The van der Waals surface area contributed by atoms with Crippen molar-refractivity contribution in [2.45, 2.75) is 48.8 Å². The number of fused-ring (bicyclic) bond motifs is 5. The van der Waals surface area contributed by atoms with Crippen molar-refractivity contribution >= 4 is 28.6 Å². The Morgan fingerprint density at radius 1 is 1.14 bits per heavy atom. The second kappa shape index (κ2) is 7.46. The lowest BCUT2D eigenvalue weighted by Gasteiger charge is -2.45. The van der Waals surface area contributed by atoms with Gasteiger partial charge in [-0.1, -0.05) is 12.1 Å². The Morgan fingerprint density at radius 2 is 1.64 bits per heavy atom. The first-order valence-electron chi connectivity index (χ1n) is 8.92. The molecule has 3 saturated heterocycles. The number of carbonyl (C=O) groups is 1. The van der Waals surface area contributed by atoms with E-state index in [4.69, 9.17) is 9.47 Å². The molecule has 6 nitrogen and oxygen atoms in total. The average Bonchev–Trinajstić information content (AvgIpc) is 2.98. The van der Waals surface area contributed by atoms with Gasteiger partial charge in [-0.2, -0.15) is 0 Å². The van der Waals surface area contributed by atoms with Gasteiger partial charge in [0.15, 0.2) is 0 Å². The van der Waals surface area contributed by atoms with E-state index in [1.807, 2.05) is 22.9 Å². The number of rotatable bonds is 4. The Kier molecular flexibility index (Phi) is 5.83. The molecule has 5 atom stereocenters. The van der Waals surface area contributed by atoms with Gasteiger partial charge in [0.1, 0.15) is 30.4 Å². The third kappa shape index (κ3) is 3.08. The minimum atomic E-state index is -1.72. The van der Waals surface area contributed by atoms with Gasteiger partial charge >= 0.3 is 5.97 Å². The molecule has 2 bridgehead atoms. The number of esters is 1. The highest BCUT2D eigenvalue weighted by molar-refractivity contribution is 7.12. The number of epoxide rings is 1. The number of hydrogen-bond donors (Lipinski definition) is 1. The first-order chi connectivity index (χ1) is 12.4. The van der Waals surface area contributed by atoms with E-state index in [1.165, 1.54) is 22.7 Å². The van der Waals surface area contributed by atoms with Gasteiger partial charge in [0.25, 0.3) is 0 Å². The molecule has 0 saturated carbocycles. The maximum absolute atomic E-state index is 13.1. The van der Waals surface area contributed by atoms with Crippen LogP contribution in [0.3, 0.4) is 0 Å². The predicted octanol–water partition coefficient (Wildman–Crippen LogP) is -1.47. The van der Waals surface area contributed by atoms with E-state index in [2.05, 4.69) is 14.1 Å². The quantitative estimate of drug-likeness (QED) is 0.322. The zero-order chi connectivity index (χ0) is 18.1. The molecule has 2 aromatic heterocycles. The molecule has 3 aliphatic heterocycles. The molecule has 5 heterocycles. The van der Waals surface area contributed by atoms with Crippen LogP contribution in [0.15, 0.2) is 35.0 Å². The molecule has 154 valence electrons. The zero-order valence-corrected chi connectivity index (χ0v) is 18.8. The lowest BCUT2D eigenvalue weighted by molar-refractivity contribution is -0.938. The van der Waals surface area contributed by atoms with Crippen molar-refractivity contribution in [3.05, 3.63) is 44.8 Å². The molecule has 3 fully saturated rings. The number of aliphatic hydroxyl groups is 1. The Labute approximate surface area is 182 Å². The maximum Gasteiger partial charge on any atom is 0.349 e. The standard InChI is InChI=1S/C19H22NO4S2.BrH.H2O/c1-20(2)12-9-11(10-13(20)17-16(12)24-17)23-18(21)19(22,14-5-3-7-25-14)15-6-4-8-26-15;;/h3-8,11-13,16-17,22H,9-10H2,1-2H3;1H;1H2/q+1;;/p-1/t11-,12-,13+,16-,17+;;. The first-order valence-corrected chi connectivity index (χ1v) is 10.7. The monoisotopic (exact) mass is 489 g/mol. The van der Waals surface area contributed by atoms with Crippen LogP contribution in [0, 0.1) is 0 Å². The molecule has 0 unspecified atom stereocenters. The molecule has 28 heavy (non-hydrogen) atoms. The summed E-state index contributed by atoms with van der Waals surface area (Å²) >= 11 is 2.74. The number of quaternary nitrogens is 1. The van der Waals surface area contributed by atoms with E-state index in [0.29, 0.717) is 34.0 Å². The van der Waals surface area contributed by atoms with Crippen LogP contribution in [0.2, 0.25) is 0 Å². The molecular formula is C19H24BrNO5S2. The van der Waals surface area contributed by atoms with Crippen molar-refractivity contribution in [1.29, 1.82) is 0 Å². The minimum absolute atomic E-state index is 0. The molecule has 0 spiro atoms. The summed E-state index contributed by atoms with van der Waals surface area (Å²) in [7, 11) is 4.49. The molecular weight excluding hydrogens is 466 g/mol. The van der Waals surface area contributed by atoms with Crippen LogP contribution in [-0.2, 0) is 19.9 Å². The molecule has 0 aromatic carbocycles. The number of thiophene rings is 2. The largest absolute Gasteiger partial charge is 1.00 e. The summed E-state index contributed by atoms with van der Waals surface area (Å²) in [6, 6.07) is 8.01. The molecule has 0 radical (unpaired) electrons. The highest BCUT2D eigenvalue weighted by Crippen LogP contribution is 2.52. The fraction of sp³-hybridized carbons (Fsp3) is 0.526. The Balaban J connectivity index is 0.00000112. The fourth-order valence-electron chi connectivity index (χ4n) is 4.83. The lowest BCUT2D eigenvalue weighted by Crippen LogP contribution is -3.00. The van der Waals surface area contributed by atoms with Gasteiger partial charge in [-0.25, -0.2) is 4.79 Å². The van der Waals surface area contributed by atoms with Crippen LogP contribution in [0.5, 0.6) is 0 Å². The Bertz CT molecular complexity index is 771.